The summed E-state index contributed by atoms with van der Waals surface area (Å²) in [6, 6.07) is 6.44. The molecule has 128 valence electrons. The second-order valence-electron chi connectivity index (χ2n) is 4.96. The number of hydrogen-bond donors (Lipinski definition) is 3. The molecule has 0 aliphatic rings. The van der Waals surface area contributed by atoms with Crippen molar-refractivity contribution in [2.75, 3.05) is 5.32 Å². The summed E-state index contributed by atoms with van der Waals surface area (Å²) in [5.41, 5.74) is 4.34. The fraction of sp³-hybridized carbons (Fsp3) is 0.200. The highest BCUT2D eigenvalue weighted by Crippen LogP contribution is 2.30. The molecule has 1 atom stereocenters. The van der Waals surface area contributed by atoms with Gasteiger partial charge in [0.15, 0.2) is 0 Å². The summed E-state index contributed by atoms with van der Waals surface area (Å²) < 4.78 is 37.9. The molecule has 1 heterocycles. The number of halogens is 3. The first-order chi connectivity index (χ1) is 11.2. The van der Waals surface area contributed by atoms with Crippen molar-refractivity contribution in [1.82, 2.24) is 5.32 Å². The van der Waals surface area contributed by atoms with Crippen LogP contribution < -0.4 is 16.4 Å². The quantitative estimate of drug-likeness (QED) is 0.779. The van der Waals surface area contributed by atoms with Crippen LogP contribution in [0.1, 0.15) is 33.1 Å². The molecule has 0 bridgehead atoms. The fourth-order valence-corrected chi connectivity index (χ4v) is 2.79. The maximum atomic E-state index is 12.6. The number of nitrogens with one attached hydrogen (secondary N) is 2. The number of urea groups is 1. The number of alkyl halides is 3. The van der Waals surface area contributed by atoms with E-state index in [0.29, 0.717) is 9.75 Å². The minimum absolute atomic E-state index is 0.0264. The van der Waals surface area contributed by atoms with Gasteiger partial charge in [0, 0.05) is 10.6 Å². The van der Waals surface area contributed by atoms with E-state index in [1.54, 1.807) is 19.1 Å². The van der Waals surface area contributed by atoms with Crippen molar-refractivity contribution >= 4 is 29.0 Å². The summed E-state index contributed by atoms with van der Waals surface area (Å²) in [5.74, 6) is -0.563. The molecule has 1 aromatic carbocycles. The number of benzene rings is 1. The van der Waals surface area contributed by atoms with Gasteiger partial charge in [-0.15, -0.1) is 11.3 Å². The third-order valence-electron chi connectivity index (χ3n) is 3.09. The lowest BCUT2D eigenvalue weighted by molar-refractivity contribution is -0.137. The molecule has 2 aromatic rings. The average molecular weight is 357 g/mol. The summed E-state index contributed by atoms with van der Waals surface area (Å²) in [7, 11) is 0. The molecule has 24 heavy (non-hydrogen) atoms. The van der Waals surface area contributed by atoms with Gasteiger partial charge < -0.3 is 16.4 Å². The highest BCUT2D eigenvalue weighted by atomic mass is 32.1. The Labute approximate surface area is 139 Å². The summed E-state index contributed by atoms with van der Waals surface area (Å²) in [4.78, 5) is 24.0. The van der Waals surface area contributed by atoms with E-state index in [-0.39, 0.29) is 5.69 Å². The SMILES string of the molecule is CC(NC(=O)Nc1cccc(C(F)(F)F)c1)c1ccc(C(N)=O)s1. The molecule has 3 amide bonds. The number of rotatable bonds is 4. The highest BCUT2D eigenvalue weighted by molar-refractivity contribution is 7.14. The van der Waals surface area contributed by atoms with E-state index >= 15 is 0 Å². The number of hydrogen-bond acceptors (Lipinski definition) is 3. The van der Waals surface area contributed by atoms with Crippen LogP contribution in [0.4, 0.5) is 23.7 Å². The first-order valence-electron chi connectivity index (χ1n) is 6.81. The molecule has 1 unspecified atom stereocenters. The van der Waals surface area contributed by atoms with Gasteiger partial charge >= 0.3 is 12.2 Å². The van der Waals surface area contributed by atoms with Gasteiger partial charge in [0.2, 0.25) is 0 Å². The molecular formula is C15H14F3N3O2S. The van der Waals surface area contributed by atoms with Gasteiger partial charge in [-0.05, 0) is 37.3 Å². The molecule has 2 rings (SSSR count). The molecule has 0 spiro atoms. The number of thiophene rings is 1. The van der Waals surface area contributed by atoms with Crippen LogP contribution in [0.3, 0.4) is 0 Å². The van der Waals surface area contributed by atoms with Gasteiger partial charge in [0.25, 0.3) is 5.91 Å². The van der Waals surface area contributed by atoms with E-state index in [9.17, 15) is 22.8 Å². The van der Waals surface area contributed by atoms with Crippen LogP contribution in [-0.4, -0.2) is 11.9 Å². The topological polar surface area (TPSA) is 84.2 Å². The first kappa shape index (κ1) is 17.8. The smallest absolute Gasteiger partial charge is 0.365 e. The first-order valence-corrected chi connectivity index (χ1v) is 7.63. The van der Waals surface area contributed by atoms with Crippen molar-refractivity contribution in [3.05, 3.63) is 51.7 Å². The number of carbonyl (C=O) groups excluding carboxylic acids is 2. The Morgan fingerprint density at radius 3 is 2.50 bits per heavy atom. The van der Waals surface area contributed by atoms with Crippen LogP contribution in [-0.2, 0) is 6.18 Å². The molecular weight excluding hydrogens is 343 g/mol. The summed E-state index contributed by atoms with van der Waals surface area (Å²) in [6.45, 7) is 1.68. The van der Waals surface area contributed by atoms with Crippen LogP contribution in [0.2, 0.25) is 0 Å². The molecule has 9 heteroatoms. The van der Waals surface area contributed by atoms with Crippen molar-refractivity contribution in [3.8, 4) is 0 Å². The van der Waals surface area contributed by atoms with Crippen molar-refractivity contribution in [3.63, 3.8) is 0 Å². The lowest BCUT2D eigenvalue weighted by Gasteiger charge is -2.14. The van der Waals surface area contributed by atoms with Crippen LogP contribution in [0, 0.1) is 0 Å². The van der Waals surface area contributed by atoms with Gasteiger partial charge in [-0.3, -0.25) is 4.79 Å². The predicted molar refractivity (Wildman–Crippen MR) is 84.9 cm³/mol. The molecule has 0 saturated carbocycles. The maximum Gasteiger partial charge on any atom is 0.416 e. The molecule has 0 aliphatic heterocycles. The summed E-state index contributed by atoms with van der Waals surface area (Å²) >= 11 is 1.14. The Morgan fingerprint density at radius 1 is 1.21 bits per heavy atom. The number of amides is 3. The van der Waals surface area contributed by atoms with Gasteiger partial charge in [-0.2, -0.15) is 13.2 Å². The Balaban J connectivity index is 2.01. The third kappa shape index (κ3) is 4.48. The monoisotopic (exact) mass is 357 g/mol. The van der Waals surface area contributed by atoms with E-state index < -0.39 is 29.7 Å². The van der Waals surface area contributed by atoms with Crippen molar-refractivity contribution < 1.29 is 22.8 Å². The minimum atomic E-state index is -4.48. The predicted octanol–water partition coefficient (Wildman–Crippen LogP) is 3.75. The van der Waals surface area contributed by atoms with E-state index in [1.165, 1.54) is 12.1 Å². The molecule has 4 N–H and O–H groups in total. The van der Waals surface area contributed by atoms with Gasteiger partial charge in [0.1, 0.15) is 0 Å². The van der Waals surface area contributed by atoms with Crippen LogP contribution in [0.25, 0.3) is 0 Å². The second kappa shape index (κ2) is 6.91. The number of anilines is 1. The number of carbonyl (C=O) groups is 2. The molecule has 0 fully saturated rings. The Kier molecular flexibility index (Phi) is 5.13. The minimum Gasteiger partial charge on any atom is -0.365 e. The third-order valence-corrected chi connectivity index (χ3v) is 4.37. The van der Waals surface area contributed by atoms with Gasteiger partial charge in [-0.25, -0.2) is 4.79 Å². The van der Waals surface area contributed by atoms with Crippen molar-refractivity contribution in [2.24, 2.45) is 5.73 Å². The zero-order chi connectivity index (χ0) is 17.9. The van der Waals surface area contributed by atoms with Gasteiger partial charge in [-0.1, -0.05) is 6.07 Å². The molecule has 0 aliphatic carbocycles. The zero-order valence-corrected chi connectivity index (χ0v) is 13.3. The normalized spacial score (nSPS) is 12.5. The van der Waals surface area contributed by atoms with E-state index in [2.05, 4.69) is 10.6 Å². The Morgan fingerprint density at radius 2 is 1.92 bits per heavy atom. The van der Waals surface area contributed by atoms with Crippen molar-refractivity contribution in [1.29, 1.82) is 0 Å². The maximum absolute atomic E-state index is 12.6. The summed E-state index contributed by atoms with van der Waals surface area (Å²) in [5, 5.41) is 4.93. The molecule has 0 saturated heterocycles. The lowest BCUT2D eigenvalue weighted by atomic mass is 10.2. The van der Waals surface area contributed by atoms with Crippen molar-refractivity contribution in [2.45, 2.75) is 19.1 Å². The zero-order valence-electron chi connectivity index (χ0n) is 12.5. The number of nitrogens with two attached hydrogens (primary N) is 1. The molecule has 1 aromatic heterocycles. The molecule has 5 nitrogen and oxygen atoms in total. The van der Waals surface area contributed by atoms with E-state index in [1.807, 2.05) is 0 Å². The highest BCUT2D eigenvalue weighted by Gasteiger charge is 2.30. The second-order valence-corrected chi connectivity index (χ2v) is 6.08. The van der Waals surface area contributed by atoms with Crippen LogP contribution >= 0.6 is 11.3 Å². The number of primary amides is 1. The Bertz CT molecular complexity index is 758. The van der Waals surface area contributed by atoms with Crippen LogP contribution in [0.15, 0.2) is 36.4 Å². The average Bonchev–Trinajstić information content (AvgIpc) is 2.96. The van der Waals surface area contributed by atoms with Crippen LogP contribution in [0.5, 0.6) is 0 Å². The van der Waals surface area contributed by atoms with E-state index in [4.69, 9.17) is 5.73 Å². The fourth-order valence-electron chi connectivity index (χ4n) is 1.93. The molecule has 0 radical (unpaired) electrons. The van der Waals surface area contributed by atoms with Gasteiger partial charge in [0.05, 0.1) is 16.5 Å². The summed E-state index contributed by atoms with van der Waals surface area (Å²) in [6.07, 6.45) is -4.48. The largest absolute Gasteiger partial charge is 0.416 e. The lowest BCUT2D eigenvalue weighted by Crippen LogP contribution is -2.30. The Hall–Kier alpha value is -2.55. The van der Waals surface area contributed by atoms with E-state index in [0.717, 1.165) is 23.5 Å². The standard InChI is InChI=1S/C15H14F3N3O2S/c1-8(11-5-6-12(24-11)13(19)22)20-14(23)21-10-4-2-3-9(7-10)15(16,17)18/h2-8H,1H3,(H2,19,22)(H2,20,21,23).